The summed E-state index contributed by atoms with van der Waals surface area (Å²) in [5.41, 5.74) is 0. The molecular formula is C30H55N5O5. The first kappa shape index (κ1) is 35.4. The van der Waals surface area contributed by atoms with Crippen molar-refractivity contribution in [2.24, 2.45) is 29.6 Å². The molecule has 10 heteroatoms. The van der Waals surface area contributed by atoms with Gasteiger partial charge in [0.15, 0.2) is 0 Å². The van der Waals surface area contributed by atoms with Crippen molar-refractivity contribution in [3.8, 4) is 0 Å². The Bertz CT molecular complexity index is 886. The zero-order chi connectivity index (χ0) is 30.9. The standard InChI is InChI=1S/C30H55N5O5/c1-16(2)12-21-26(36)32-23(14-18(5)6)28(38)34-25(20(9)10)30(40)35(11)24(15-19(7)8)29(39)33-22(13-17(3)4)27(37)31-21/h16-25H,12-15H2,1-11H3,(H,31,37)(H,32,36)(H,33,39)(H,34,38). The molecule has 0 aromatic carbocycles. The predicted octanol–water partition coefficient (Wildman–Crippen LogP) is 2.61. The Kier molecular flexibility index (Phi) is 14.1. The van der Waals surface area contributed by atoms with Crippen LogP contribution in [0.4, 0.5) is 0 Å². The van der Waals surface area contributed by atoms with Gasteiger partial charge in [-0.05, 0) is 55.3 Å². The molecule has 1 saturated heterocycles. The van der Waals surface area contributed by atoms with Crippen molar-refractivity contribution in [2.45, 2.75) is 125 Å². The molecule has 1 fully saturated rings. The molecule has 1 aliphatic rings. The molecule has 40 heavy (non-hydrogen) atoms. The first-order chi connectivity index (χ1) is 18.4. The van der Waals surface area contributed by atoms with Crippen LogP contribution >= 0.6 is 0 Å². The highest BCUT2D eigenvalue weighted by Gasteiger charge is 2.38. The minimum atomic E-state index is -0.894. The van der Waals surface area contributed by atoms with E-state index in [1.54, 1.807) is 7.05 Å². The van der Waals surface area contributed by atoms with Gasteiger partial charge in [0.2, 0.25) is 29.5 Å². The molecule has 5 atom stereocenters. The Hall–Kier alpha value is -2.65. The lowest BCUT2D eigenvalue weighted by atomic mass is 9.96. The minimum Gasteiger partial charge on any atom is -0.343 e. The molecule has 0 radical (unpaired) electrons. The third-order valence-electron chi connectivity index (χ3n) is 7.06. The normalized spacial score (nSPS) is 26.1. The number of likely N-dealkylation sites (N-methyl/N-ethyl adjacent to an activating group) is 1. The fourth-order valence-electron chi connectivity index (χ4n) is 4.95. The molecule has 1 rings (SSSR count). The van der Waals surface area contributed by atoms with Gasteiger partial charge in [-0.15, -0.1) is 0 Å². The van der Waals surface area contributed by atoms with Gasteiger partial charge < -0.3 is 26.2 Å². The van der Waals surface area contributed by atoms with E-state index in [-0.39, 0.29) is 29.6 Å². The van der Waals surface area contributed by atoms with Crippen LogP contribution < -0.4 is 21.3 Å². The average molecular weight is 566 g/mol. The fourth-order valence-corrected chi connectivity index (χ4v) is 4.95. The molecule has 230 valence electrons. The van der Waals surface area contributed by atoms with Crippen LogP contribution in [-0.2, 0) is 24.0 Å². The SMILES string of the molecule is CC(C)CC1NC(=O)C(CC(C)C)NC(=O)C(CC(C)C)N(C)C(=O)C(C(C)C)NC(=O)C(CC(C)C)NC1=O. The fraction of sp³-hybridized carbons (Fsp3) is 0.833. The van der Waals surface area contributed by atoms with Gasteiger partial charge in [0.05, 0.1) is 0 Å². The Morgan fingerprint density at radius 3 is 1.18 bits per heavy atom. The van der Waals surface area contributed by atoms with Crippen LogP contribution in [0.1, 0.15) is 94.9 Å². The third-order valence-corrected chi connectivity index (χ3v) is 7.06. The van der Waals surface area contributed by atoms with Crippen molar-refractivity contribution in [1.29, 1.82) is 0 Å². The molecule has 10 nitrogen and oxygen atoms in total. The lowest BCUT2D eigenvalue weighted by molar-refractivity contribution is -0.144. The van der Waals surface area contributed by atoms with E-state index in [4.69, 9.17) is 0 Å². The summed E-state index contributed by atoms with van der Waals surface area (Å²) < 4.78 is 0. The molecule has 5 amide bonds. The highest BCUT2D eigenvalue weighted by atomic mass is 16.2. The number of hydrogen-bond donors (Lipinski definition) is 4. The molecule has 1 heterocycles. The molecule has 0 aliphatic carbocycles. The molecule has 0 aromatic rings. The van der Waals surface area contributed by atoms with Crippen molar-refractivity contribution in [3.63, 3.8) is 0 Å². The van der Waals surface area contributed by atoms with Gasteiger partial charge in [0, 0.05) is 7.05 Å². The second kappa shape index (κ2) is 16.0. The summed E-state index contributed by atoms with van der Waals surface area (Å²) in [6.07, 6.45) is 1.47. The van der Waals surface area contributed by atoms with Gasteiger partial charge in [-0.2, -0.15) is 0 Å². The van der Waals surface area contributed by atoms with Crippen LogP contribution in [0.2, 0.25) is 0 Å². The second-order valence-electron chi connectivity index (χ2n) is 13.4. The Morgan fingerprint density at radius 1 is 0.525 bits per heavy atom. The van der Waals surface area contributed by atoms with Gasteiger partial charge in [-0.1, -0.05) is 69.2 Å². The zero-order valence-electron chi connectivity index (χ0n) is 26.6. The maximum Gasteiger partial charge on any atom is 0.245 e. The van der Waals surface area contributed by atoms with E-state index in [1.165, 1.54) is 4.90 Å². The summed E-state index contributed by atoms with van der Waals surface area (Å²) in [5.74, 6) is -2.14. The van der Waals surface area contributed by atoms with Crippen molar-refractivity contribution in [2.75, 3.05) is 7.05 Å². The summed E-state index contributed by atoms with van der Waals surface area (Å²) in [6.45, 7) is 19.3. The van der Waals surface area contributed by atoms with Crippen molar-refractivity contribution in [3.05, 3.63) is 0 Å². The number of nitrogens with one attached hydrogen (secondary N) is 4. The largest absolute Gasteiger partial charge is 0.343 e. The molecule has 5 unspecified atom stereocenters. The monoisotopic (exact) mass is 565 g/mol. The van der Waals surface area contributed by atoms with Crippen LogP contribution in [0.3, 0.4) is 0 Å². The molecular weight excluding hydrogens is 510 g/mol. The van der Waals surface area contributed by atoms with E-state index in [2.05, 4.69) is 21.3 Å². The van der Waals surface area contributed by atoms with Gasteiger partial charge in [0.1, 0.15) is 30.2 Å². The lowest BCUT2D eigenvalue weighted by Crippen LogP contribution is -2.59. The number of rotatable bonds is 9. The first-order valence-corrected chi connectivity index (χ1v) is 14.9. The molecule has 1 aliphatic heterocycles. The second-order valence-corrected chi connectivity index (χ2v) is 13.4. The van der Waals surface area contributed by atoms with E-state index >= 15 is 0 Å². The third kappa shape index (κ3) is 11.1. The quantitative estimate of drug-likeness (QED) is 0.341. The molecule has 0 saturated carbocycles. The Morgan fingerprint density at radius 2 is 0.850 bits per heavy atom. The maximum absolute atomic E-state index is 13.8. The van der Waals surface area contributed by atoms with Gasteiger partial charge in [-0.25, -0.2) is 0 Å². The summed E-state index contributed by atoms with van der Waals surface area (Å²) >= 11 is 0. The molecule has 0 aromatic heterocycles. The maximum atomic E-state index is 13.8. The summed E-state index contributed by atoms with van der Waals surface area (Å²) in [7, 11) is 1.57. The zero-order valence-corrected chi connectivity index (χ0v) is 26.6. The Labute approximate surface area is 241 Å². The number of carbonyl (C=O) groups is 5. The molecule has 0 bridgehead atoms. The first-order valence-electron chi connectivity index (χ1n) is 14.9. The van der Waals surface area contributed by atoms with Crippen LogP contribution in [0.25, 0.3) is 0 Å². The van der Waals surface area contributed by atoms with Crippen LogP contribution in [0, 0.1) is 29.6 Å². The highest BCUT2D eigenvalue weighted by molar-refractivity contribution is 5.97. The molecule has 4 N–H and O–H groups in total. The van der Waals surface area contributed by atoms with E-state index in [9.17, 15) is 24.0 Å². The van der Waals surface area contributed by atoms with Crippen molar-refractivity contribution < 1.29 is 24.0 Å². The highest BCUT2D eigenvalue weighted by Crippen LogP contribution is 2.17. The van der Waals surface area contributed by atoms with Gasteiger partial charge >= 0.3 is 0 Å². The number of carbonyl (C=O) groups excluding carboxylic acids is 5. The van der Waals surface area contributed by atoms with Crippen LogP contribution in [-0.4, -0.2) is 71.7 Å². The van der Waals surface area contributed by atoms with Gasteiger partial charge in [0.25, 0.3) is 0 Å². The summed E-state index contributed by atoms with van der Waals surface area (Å²) in [6, 6.07) is -4.39. The van der Waals surface area contributed by atoms with E-state index in [0.717, 1.165) is 0 Å². The van der Waals surface area contributed by atoms with E-state index in [0.29, 0.717) is 25.7 Å². The van der Waals surface area contributed by atoms with Crippen molar-refractivity contribution >= 4 is 29.5 Å². The van der Waals surface area contributed by atoms with Crippen molar-refractivity contribution in [1.82, 2.24) is 26.2 Å². The topological polar surface area (TPSA) is 137 Å². The Balaban J connectivity index is 3.69. The predicted molar refractivity (Wildman–Crippen MR) is 157 cm³/mol. The van der Waals surface area contributed by atoms with E-state index in [1.807, 2.05) is 69.2 Å². The van der Waals surface area contributed by atoms with Crippen LogP contribution in [0.5, 0.6) is 0 Å². The average Bonchev–Trinajstić information content (AvgIpc) is 2.81. The van der Waals surface area contributed by atoms with Gasteiger partial charge in [-0.3, -0.25) is 24.0 Å². The minimum absolute atomic E-state index is 0.0832. The number of amides is 5. The number of nitrogens with zero attached hydrogens (tertiary/aromatic N) is 1. The summed E-state index contributed by atoms with van der Waals surface area (Å²) in [5, 5.41) is 11.5. The summed E-state index contributed by atoms with van der Waals surface area (Å²) in [4.78, 5) is 69.4. The van der Waals surface area contributed by atoms with Crippen LogP contribution in [0.15, 0.2) is 0 Å². The molecule has 0 spiro atoms. The number of hydrogen-bond acceptors (Lipinski definition) is 5. The van der Waals surface area contributed by atoms with E-state index < -0.39 is 59.7 Å². The smallest absolute Gasteiger partial charge is 0.245 e. The lowest BCUT2D eigenvalue weighted by Gasteiger charge is -2.34.